The third-order valence-corrected chi connectivity index (χ3v) is 5.11. The third-order valence-electron chi connectivity index (χ3n) is 3.98. The van der Waals surface area contributed by atoms with Crippen LogP contribution in [0.3, 0.4) is 0 Å². The Balaban J connectivity index is 1.76. The molecule has 0 aromatic carbocycles. The van der Waals surface area contributed by atoms with Crippen molar-refractivity contribution < 1.29 is 9.53 Å². The number of carbonyl (C=O) groups excluding carboxylic acids is 1. The van der Waals surface area contributed by atoms with Gasteiger partial charge in [-0.2, -0.15) is 0 Å². The molecule has 0 spiro atoms. The molecule has 2 aromatic heterocycles. The molecular formula is C17H20ClN3O2S. The summed E-state index contributed by atoms with van der Waals surface area (Å²) in [5, 5.41) is 2.56. The molecule has 0 N–H and O–H groups in total. The summed E-state index contributed by atoms with van der Waals surface area (Å²) in [4.78, 5) is 22.1. The molecule has 1 aliphatic heterocycles. The molecule has 24 heavy (non-hydrogen) atoms. The zero-order valence-corrected chi connectivity index (χ0v) is 15.1. The van der Waals surface area contributed by atoms with Gasteiger partial charge in [0.25, 0.3) is 5.91 Å². The van der Waals surface area contributed by atoms with Gasteiger partial charge in [0.1, 0.15) is 5.82 Å². The van der Waals surface area contributed by atoms with E-state index in [9.17, 15) is 4.79 Å². The van der Waals surface area contributed by atoms with E-state index in [-0.39, 0.29) is 5.91 Å². The molecule has 1 amide bonds. The molecule has 1 fully saturated rings. The first-order chi connectivity index (χ1) is 11.7. The Morgan fingerprint density at radius 2 is 2.25 bits per heavy atom. The Hall–Kier alpha value is -1.63. The van der Waals surface area contributed by atoms with Crippen LogP contribution in [0.2, 0.25) is 5.02 Å². The predicted molar refractivity (Wildman–Crippen MR) is 97.0 cm³/mol. The number of pyridine rings is 1. The van der Waals surface area contributed by atoms with Crippen molar-refractivity contribution in [1.29, 1.82) is 0 Å². The molecule has 2 aromatic rings. The molecule has 0 bridgehead atoms. The maximum Gasteiger partial charge on any atom is 0.255 e. The van der Waals surface area contributed by atoms with Gasteiger partial charge < -0.3 is 14.5 Å². The highest BCUT2D eigenvalue weighted by atomic mass is 35.5. The Kier molecular flexibility index (Phi) is 5.71. The Morgan fingerprint density at radius 3 is 2.88 bits per heavy atom. The molecule has 128 valence electrons. The highest BCUT2D eigenvalue weighted by Crippen LogP contribution is 2.27. The third kappa shape index (κ3) is 3.88. The molecule has 1 saturated heterocycles. The maximum atomic E-state index is 12.5. The molecule has 1 aliphatic rings. The van der Waals surface area contributed by atoms with Gasteiger partial charge in [0, 0.05) is 30.7 Å². The average molecular weight is 366 g/mol. The van der Waals surface area contributed by atoms with Crippen LogP contribution < -0.4 is 4.90 Å². The summed E-state index contributed by atoms with van der Waals surface area (Å²) in [5.41, 5.74) is 0.526. The summed E-state index contributed by atoms with van der Waals surface area (Å²) in [5.74, 6) is 0.673. The number of halogens is 1. The van der Waals surface area contributed by atoms with Gasteiger partial charge in [-0.1, -0.05) is 17.7 Å². The van der Waals surface area contributed by atoms with Crippen LogP contribution in [-0.4, -0.2) is 48.6 Å². The second-order valence-electron chi connectivity index (χ2n) is 5.53. The van der Waals surface area contributed by atoms with E-state index in [4.69, 9.17) is 16.3 Å². The van der Waals surface area contributed by atoms with Gasteiger partial charge in [-0.05, 0) is 24.4 Å². The number of ether oxygens (including phenoxy) is 1. The van der Waals surface area contributed by atoms with E-state index in [1.165, 1.54) is 4.88 Å². The normalized spacial score (nSPS) is 14.7. The van der Waals surface area contributed by atoms with E-state index in [1.54, 1.807) is 28.5 Å². The first kappa shape index (κ1) is 17.2. The summed E-state index contributed by atoms with van der Waals surface area (Å²) in [6, 6.07) is 5.85. The molecule has 0 atom stereocenters. The van der Waals surface area contributed by atoms with Crippen molar-refractivity contribution in [2.45, 2.75) is 13.5 Å². The summed E-state index contributed by atoms with van der Waals surface area (Å²) >= 11 is 8.14. The quantitative estimate of drug-likeness (QED) is 0.815. The lowest BCUT2D eigenvalue weighted by molar-refractivity contribution is 0.0302. The standard InChI is InChI=1S/C17H20ClN3O2S/c1-2-20(12-14-4-3-9-24-14)16-15(18)10-13(11-19-16)17(22)21-5-7-23-8-6-21/h3-4,9-11H,2,5-8,12H2,1H3. The summed E-state index contributed by atoms with van der Waals surface area (Å²) in [6.07, 6.45) is 1.62. The van der Waals surface area contributed by atoms with E-state index < -0.39 is 0 Å². The Labute approximate surface area is 150 Å². The van der Waals surface area contributed by atoms with Crippen molar-refractivity contribution >= 4 is 34.7 Å². The first-order valence-electron chi connectivity index (χ1n) is 7.99. The lowest BCUT2D eigenvalue weighted by atomic mass is 10.2. The summed E-state index contributed by atoms with van der Waals surface area (Å²) < 4.78 is 5.28. The molecule has 0 aliphatic carbocycles. The molecule has 0 unspecified atom stereocenters. The van der Waals surface area contributed by atoms with Crippen molar-refractivity contribution in [3.63, 3.8) is 0 Å². The number of amides is 1. The van der Waals surface area contributed by atoms with Gasteiger partial charge in [0.05, 0.1) is 30.3 Å². The molecule has 3 rings (SSSR count). The lowest BCUT2D eigenvalue weighted by Gasteiger charge is -2.27. The Morgan fingerprint density at radius 1 is 1.46 bits per heavy atom. The number of hydrogen-bond acceptors (Lipinski definition) is 5. The number of aromatic nitrogens is 1. The maximum absolute atomic E-state index is 12.5. The number of rotatable bonds is 5. The van der Waals surface area contributed by atoms with E-state index in [0.717, 1.165) is 13.1 Å². The van der Waals surface area contributed by atoms with Crippen molar-refractivity contribution in [3.05, 3.63) is 45.2 Å². The smallest absolute Gasteiger partial charge is 0.255 e. The van der Waals surface area contributed by atoms with Crippen molar-refractivity contribution in [2.24, 2.45) is 0 Å². The van der Waals surface area contributed by atoms with Crippen molar-refractivity contribution in [2.75, 3.05) is 37.7 Å². The highest BCUT2D eigenvalue weighted by molar-refractivity contribution is 7.09. The number of nitrogens with zero attached hydrogens (tertiary/aromatic N) is 3. The molecule has 7 heteroatoms. The van der Waals surface area contributed by atoms with Gasteiger partial charge in [-0.3, -0.25) is 4.79 Å². The largest absolute Gasteiger partial charge is 0.378 e. The fraction of sp³-hybridized carbons (Fsp3) is 0.412. The number of anilines is 1. The van der Waals surface area contributed by atoms with Crippen LogP contribution in [0.25, 0.3) is 0 Å². The van der Waals surface area contributed by atoms with Crippen LogP contribution in [0.15, 0.2) is 29.8 Å². The van der Waals surface area contributed by atoms with Crippen LogP contribution in [0.5, 0.6) is 0 Å². The van der Waals surface area contributed by atoms with Crippen LogP contribution >= 0.6 is 22.9 Å². The topological polar surface area (TPSA) is 45.7 Å². The predicted octanol–water partition coefficient (Wildman–Crippen LogP) is 3.30. The van der Waals surface area contributed by atoms with Crippen LogP contribution in [-0.2, 0) is 11.3 Å². The fourth-order valence-corrected chi connectivity index (χ4v) is 3.66. The van der Waals surface area contributed by atoms with Crippen molar-refractivity contribution in [1.82, 2.24) is 9.88 Å². The SMILES string of the molecule is CCN(Cc1cccs1)c1ncc(C(=O)N2CCOCC2)cc1Cl. The molecule has 0 saturated carbocycles. The number of carbonyl (C=O) groups is 1. The van der Waals surface area contributed by atoms with E-state index in [2.05, 4.69) is 28.3 Å². The minimum absolute atomic E-state index is 0.0412. The molecule has 5 nitrogen and oxygen atoms in total. The van der Waals surface area contributed by atoms with E-state index >= 15 is 0 Å². The lowest BCUT2D eigenvalue weighted by Crippen LogP contribution is -2.40. The molecule has 3 heterocycles. The zero-order chi connectivity index (χ0) is 16.9. The van der Waals surface area contributed by atoms with Crippen LogP contribution in [0, 0.1) is 0 Å². The molecular weight excluding hydrogens is 346 g/mol. The van der Waals surface area contributed by atoms with E-state index in [1.807, 2.05) is 6.07 Å². The summed E-state index contributed by atoms with van der Waals surface area (Å²) in [7, 11) is 0. The number of thiophene rings is 1. The zero-order valence-electron chi connectivity index (χ0n) is 13.6. The second-order valence-corrected chi connectivity index (χ2v) is 6.97. The minimum Gasteiger partial charge on any atom is -0.378 e. The second kappa shape index (κ2) is 7.96. The number of hydrogen-bond donors (Lipinski definition) is 0. The number of morpholine rings is 1. The molecule has 0 radical (unpaired) electrons. The monoisotopic (exact) mass is 365 g/mol. The van der Waals surface area contributed by atoms with Gasteiger partial charge in [-0.15, -0.1) is 11.3 Å². The van der Waals surface area contributed by atoms with Crippen LogP contribution in [0.4, 0.5) is 5.82 Å². The van der Waals surface area contributed by atoms with Gasteiger partial charge >= 0.3 is 0 Å². The van der Waals surface area contributed by atoms with Crippen LogP contribution in [0.1, 0.15) is 22.2 Å². The van der Waals surface area contributed by atoms with Gasteiger partial charge in [-0.25, -0.2) is 4.98 Å². The fourth-order valence-electron chi connectivity index (χ4n) is 2.66. The highest BCUT2D eigenvalue weighted by Gasteiger charge is 2.21. The van der Waals surface area contributed by atoms with E-state index in [0.29, 0.717) is 42.7 Å². The minimum atomic E-state index is -0.0412. The van der Waals surface area contributed by atoms with Crippen molar-refractivity contribution in [3.8, 4) is 0 Å². The average Bonchev–Trinajstić information content (AvgIpc) is 3.13. The van der Waals surface area contributed by atoms with Gasteiger partial charge in [0.15, 0.2) is 0 Å². The first-order valence-corrected chi connectivity index (χ1v) is 9.24. The summed E-state index contributed by atoms with van der Waals surface area (Å²) in [6.45, 7) is 6.00. The van der Waals surface area contributed by atoms with Gasteiger partial charge in [0.2, 0.25) is 0 Å². The Bertz CT molecular complexity index is 687.